The minimum absolute atomic E-state index is 0.477. The zero-order valence-corrected chi connectivity index (χ0v) is 12.4. The van der Waals surface area contributed by atoms with E-state index in [4.69, 9.17) is 21.8 Å². The number of rotatable bonds is 4. The van der Waals surface area contributed by atoms with Crippen LogP contribution in [0.25, 0.3) is 11.5 Å². The molecule has 0 saturated heterocycles. The molecule has 106 valence electrons. The van der Waals surface area contributed by atoms with Crippen LogP contribution in [-0.4, -0.2) is 15.2 Å². The molecule has 1 aromatic carbocycles. The van der Waals surface area contributed by atoms with Crippen LogP contribution in [0.4, 0.5) is 5.69 Å². The highest BCUT2D eigenvalue weighted by Gasteiger charge is 2.09. The van der Waals surface area contributed by atoms with Crippen molar-refractivity contribution in [1.82, 2.24) is 15.2 Å². The number of benzene rings is 1. The molecular weight excluding hydrogens is 308 g/mol. The molecule has 0 unspecified atom stereocenters. The van der Waals surface area contributed by atoms with E-state index in [1.165, 1.54) is 11.8 Å². The Labute approximate surface area is 130 Å². The summed E-state index contributed by atoms with van der Waals surface area (Å²) in [6.45, 7) is 0. The molecule has 5 nitrogen and oxygen atoms in total. The normalized spacial score (nSPS) is 10.7. The summed E-state index contributed by atoms with van der Waals surface area (Å²) in [4.78, 5) is 4.89. The maximum atomic E-state index is 5.85. The largest absolute Gasteiger partial charge is 0.420 e. The van der Waals surface area contributed by atoms with E-state index in [0.29, 0.717) is 28.2 Å². The lowest BCUT2D eigenvalue weighted by Gasteiger charge is -2.01. The third-order valence-corrected chi connectivity index (χ3v) is 4.05. The lowest BCUT2D eigenvalue weighted by molar-refractivity contribution is 0.528. The fraction of sp³-hybridized carbons (Fsp3) is 0.0714. The van der Waals surface area contributed by atoms with E-state index in [9.17, 15) is 0 Å². The first-order valence-electron chi connectivity index (χ1n) is 6.13. The molecule has 0 radical (unpaired) electrons. The minimum atomic E-state index is 0.477. The maximum absolute atomic E-state index is 5.85. The van der Waals surface area contributed by atoms with Crippen molar-refractivity contribution in [2.75, 3.05) is 5.73 Å². The summed E-state index contributed by atoms with van der Waals surface area (Å²) in [7, 11) is 0. The van der Waals surface area contributed by atoms with Gasteiger partial charge in [-0.15, -0.1) is 22.0 Å². The summed E-state index contributed by atoms with van der Waals surface area (Å²) in [5.41, 5.74) is 7.31. The molecule has 0 atom stereocenters. The first-order chi connectivity index (χ1) is 10.2. The van der Waals surface area contributed by atoms with Gasteiger partial charge in [-0.2, -0.15) is 0 Å². The Morgan fingerprint density at radius 3 is 2.71 bits per heavy atom. The van der Waals surface area contributed by atoms with Crippen LogP contribution in [0.3, 0.4) is 0 Å². The van der Waals surface area contributed by atoms with E-state index in [1.54, 1.807) is 24.5 Å². The molecule has 21 heavy (non-hydrogen) atoms. The van der Waals surface area contributed by atoms with Gasteiger partial charge in [0.1, 0.15) is 0 Å². The van der Waals surface area contributed by atoms with Crippen molar-refractivity contribution in [2.24, 2.45) is 0 Å². The van der Waals surface area contributed by atoms with Crippen LogP contribution < -0.4 is 5.73 Å². The molecule has 0 bridgehead atoms. The Bertz CT molecular complexity index is 745. The van der Waals surface area contributed by atoms with Crippen LogP contribution in [0.1, 0.15) is 5.89 Å². The van der Waals surface area contributed by atoms with Gasteiger partial charge in [0.15, 0.2) is 0 Å². The van der Waals surface area contributed by atoms with Gasteiger partial charge in [-0.1, -0.05) is 11.6 Å². The van der Waals surface area contributed by atoms with Gasteiger partial charge in [0.05, 0.1) is 17.6 Å². The average Bonchev–Trinajstić information content (AvgIpc) is 2.96. The number of nitrogens with zero attached hydrogens (tertiary/aromatic N) is 3. The monoisotopic (exact) mass is 318 g/mol. The first kappa shape index (κ1) is 13.9. The third-order valence-electron chi connectivity index (χ3n) is 2.72. The van der Waals surface area contributed by atoms with Gasteiger partial charge in [-0.25, -0.2) is 0 Å². The van der Waals surface area contributed by atoms with Gasteiger partial charge < -0.3 is 10.2 Å². The van der Waals surface area contributed by atoms with Crippen molar-refractivity contribution in [3.63, 3.8) is 0 Å². The van der Waals surface area contributed by atoms with Gasteiger partial charge in [0.2, 0.25) is 11.8 Å². The highest BCUT2D eigenvalue weighted by Crippen LogP contribution is 2.28. The van der Waals surface area contributed by atoms with Crippen molar-refractivity contribution >= 4 is 29.1 Å². The molecule has 3 rings (SSSR count). The molecule has 7 heteroatoms. The summed E-state index contributed by atoms with van der Waals surface area (Å²) in [5, 5.41) is 8.74. The SMILES string of the molecule is Nc1cnccc1SCc1nnc(-c2ccc(Cl)cc2)o1. The van der Waals surface area contributed by atoms with Crippen molar-refractivity contribution in [3.8, 4) is 11.5 Å². The number of aromatic nitrogens is 3. The lowest BCUT2D eigenvalue weighted by atomic mass is 10.2. The second-order valence-corrected chi connectivity index (χ2v) is 5.66. The summed E-state index contributed by atoms with van der Waals surface area (Å²) in [5.74, 6) is 1.57. The van der Waals surface area contributed by atoms with Crippen LogP contribution >= 0.6 is 23.4 Å². The number of nitrogens with two attached hydrogens (primary N) is 1. The summed E-state index contributed by atoms with van der Waals surface area (Å²) in [6, 6.07) is 9.11. The van der Waals surface area contributed by atoms with E-state index in [2.05, 4.69) is 15.2 Å². The number of hydrogen-bond acceptors (Lipinski definition) is 6. The number of pyridine rings is 1. The Balaban J connectivity index is 1.71. The predicted octanol–water partition coefficient (Wildman–Crippen LogP) is 3.66. The quantitative estimate of drug-likeness (QED) is 0.740. The standard InChI is InChI=1S/C14H11ClN4OS/c15-10-3-1-9(2-4-10)14-19-18-13(20-14)8-21-12-5-6-17-7-11(12)16/h1-7H,8,16H2. The Hall–Kier alpha value is -2.05. The van der Waals surface area contributed by atoms with Crippen LogP contribution in [0.2, 0.25) is 5.02 Å². The van der Waals surface area contributed by atoms with Crippen molar-refractivity contribution in [3.05, 3.63) is 53.6 Å². The Morgan fingerprint density at radius 1 is 1.14 bits per heavy atom. The zero-order chi connectivity index (χ0) is 14.7. The molecule has 0 aliphatic heterocycles. The van der Waals surface area contributed by atoms with E-state index >= 15 is 0 Å². The van der Waals surface area contributed by atoms with Gasteiger partial charge in [-0.05, 0) is 30.3 Å². The van der Waals surface area contributed by atoms with Gasteiger partial charge >= 0.3 is 0 Å². The predicted molar refractivity (Wildman–Crippen MR) is 83.0 cm³/mol. The van der Waals surface area contributed by atoms with E-state index < -0.39 is 0 Å². The van der Waals surface area contributed by atoms with E-state index in [1.807, 2.05) is 18.2 Å². The van der Waals surface area contributed by atoms with Gasteiger partial charge in [0, 0.05) is 21.7 Å². The minimum Gasteiger partial charge on any atom is -0.420 e. The summed E-state index contributed by atoms with van der Waals surface area (Å²) >= 11 is 7.38. The number of halogens is 1. The molecule has 0 aliphatic rings. The second-order valence-electron chi connectivity index (χ2n) is 4.21. The molecule has 0 aliphatic carbocycles. The third kappa shape index (κ3) is 3.34. The smallest absolute Gasteiger partial charge is 0.247 e. The molecule has 3 aromatic rings. The van der Waals surface area contributed by atoms with Crippen LogP contribution in [0, 0.1) is 0 Å². The first-order valence-corrected chi connectivity index (χ1v) is 7.49. The molecular formula is C14H11ClN4OS. The fourth-order valence-electron chi connectivity index (χ4n) is 1.69. The Morgan fingerprint density at radius 2 is 1.95 bits per heavy atom. The topological polar surface area (TPSA) is 77.8 Å². The summed E-state index contributed by atoms with van der Waals surface area (Å²) in [6.07, 6.45) is 3.32. The Kier molecular flexibility index (Phi) is 4.08. The molecule has 0 saturated carbocycles. The average molecular weight is 319 g/mol. The highest BCUT2D eigenvalue weighted by atomic mass is 35.5. The van der Waals surface area contributed by atoms with Crippen LogP contribution in [0.15, 0.2) is 52.0 Å². The number of nitrogen functional groups attached to an aromatic ring is 1. The summed E-state index contributed by atoms with van der Waals surface area (Å²) < 4.78 is 5.63. The highest BCUT2D eigenvalue weighted by molar-refractivity contribution is 7.98. The van der Waals surface area contributed by atoms with E-state index in [-0.39, 0.29) is 0 Å². The van der Waals surface area contributed by atoms with Crippen LogP contribution in [-0.2, 0) is 5.75 Å². The van der Waals surface area contributed by atoms with Gasteiger partial charge in [-0.3, -0.25) is 4.98 Å². The molecule has 0 fully saturated rings. The fourth-order valence-corrected chi connectivity index (χ4v) is 2.58. The number of anilines is 1. The van der Waals surface area contributed by atoms with Crippen molar-refractivity contribution < 1.29 is 4.42 Å². The molecule has 2 heterocycles. The van der Waals surface area contributed by atoms with Crippen molar-refractivity contribution in [2.45, 2.75) is 10.6 Å². The molecule has 0 amide bonds. The molecule has 0 spiro atoms. The van der Waals surface area contributed by atoms with Gasteiger partial charge in [0.25, 0.3) is 0 Å². The number of thioether (sulfide) groups is 1. The van der Waals surface area contributed by atoms with E-state index in [0.717, 1.165) is 10.5 Å². The zero-order valence-electron chi connectivity index (χ0n) is 10.9. The molecule has 2 N–H and O–H groups in total. The lowest BCUT2D eigenvalue weighted by Crippen LogP contribution is -1.89. The second kappa shape index (κ2) is 6.15. The molecule has 2 aromatic heterocycles. The van der Waals surface area contributed by atoms with Crippen LogP contribution in [0.5, 0.6) is 0 Å². The van der Waals surface area contributed by atoms with Crippen molar-refractivity contribution in [1.29, 1.82) is 0 Å². The maximum Gasteiger partial charge on any atom is 0.247 e. The number of hydrogen-bond donors (Lipinski definition) is 1.